The molecule has 3 rings (SSSR count). The number of hydrogen-bond acceptors (Lipinski definition) is 5. The van der Waals surface area contributed by atoms with E-state index in [4.69, 9.17) is 4.74 Å². The van der Waals surface area contributed by atoms with Gasteiger partial charge in [-0.25, -0.2) is 4.98 Å². The topological polar surface area (TPSA) is 47.0 Å². The summed E-state index contributed by atoms with van der Waals surface area (Å²) in [5, 5.41) is 4.22. The number of nitrogens with zero attached hydrogens (tertiary/aromatic N) is 2. The predicted molar refractivity (Wildman–Crippen MR) is 94.3 cm³/mol. The van der Waals surface area contributed by atoms with Gasteiger partial charge in [0.1, 0.15) is 11.6 Å². The van der Waals surface area contributed by atoms with Crippen molar-refractivity contribution in [2.45, 2.75) is 12.8 Å². The summed E-state index contributed by atoms with van der Waals surface area (Å²) < 4.78 is 9.66. The number of rotatable bonds is 7. The van der Waals surface area contributed by atoms with Gasteiger partial charge in [0.05, 0.1) is 7.11 Å². The van der Waals surface area contributed by atoms with E-state index in [2.05, 4.69) is 45.0 Å². The van der Waals surface area contributed by atoms with Gasteiger partial charge in [0.2, 0.25) is 5.13 Å². The molecular formula is C18H19N3OS. The Labute approximate surface area is 140 Å². The van der Waals surface area contributed by atoms with Crippen LogP contribution in [0.15, 0.2) is 54.6 Å². The molecule has 0 spiro atoms. The molecule has 0 fully saturated rings. The van der Waals surface area contributed by atoms with E-state index in [9.17, 15) is 0 Å². The summed E-state index contributed by atoms with van der Waals surface area (Å²) in [6.45, 7) is 0.859. The van der Waals surface area contributed by atoms with Crippen LogP contribution in [0.4, 0.5) is 5.13 Å². The Bertz CT molecular complexity index is 743. The van der Waals surface area contributed by atoms with Crippen LogP contribution >= 0.6 is 11.5 Å². The van der Waals surface area contributed by atoms with Crippen LogP contribution in [-0.2, 0) is 12.8 Å². The second-order valence-electron chi connectivity index (χ2n) is 5.21. The Kier molecular flexibility index (Phi) is 5.21. The third kappa shape index (κ3) is 4.53. The van der Waals surface area contributed by atoms with Gasteiger partial charge >= 0.3 is 0 Å². The SMILES string of the molecule is COc1cccc(Cc2nsc(NCCc3ccccc3)n2)c1. The molecule has 0 aliphatic carbocycles. The summed E-state index contributed by atoms with van der Waals surface area (Å²) in [5.74, 6) is 1.70. The quantitative estimate of drug-likeness (QED) is 0.718. The van der Waals surface area contributed by atoms with Gasteiger partial charge in [-0.1, -0.05) is 42.5 Å². The Morgan fingerprint density at radius 1 is 1.04 bits per heavy atom. The van der Waals surface area contributed by atoms with E-state index in [-0.39, 0.29) is 0 Å². The summed E-state index contributed by atoms with van der Waals surface area (Å²) in [6.07, 6.45) is 1.69. The molecule has 118 valence electrons. The average molecular weight is 325 g/mol. The van der Waals surface area contributed by atoms with E-state index in [0.717, 1.165) is 35.2 Å². The molecule has 2 aromatic carbocycles. The van der Waals surface area contributed by atoms with Crippen molar-refractivity contribution in [1.29, 1.82) is 0 Å². The van der Waals surface area contributed by atoms with Crippen molar-refractivity contribution in [1.82, 2.24) is 9.36 Å². The van der Waals surface area contributed by atoms with Crippen molar-refractivity contribution in [3.05, 3.63) is 71.5 Å². The van der Waals surface area contributed by atoms with Crippen molar-refractivity contribution in [3.8, 4) is 5.75 Å². The van der Waals surface area contributed by atoms with Crippen molar-refractivity contribution in [2.75, 3.05) is 19.0 Å². The van der Waals surface area contributed by atoms with Crippen LogP contribution in [0.3, 0.4) is 0 Å². The zero-order valence-electron chi connectivity index (χ0n) is 13.0. The second-order valence-corrected chi connectivity index (χ2v) is 5.96. The van der Waals surface area contributed by atoms with Gasteiger partial charge in [-0.05, 0) is 29.7 Å². The molecule has 0 aliphatic rings. The van der Waals surface area contributed by atoms with Gasteiger partial charge in [0.25, 0.3) is 0 Å². The second kappa shape index (κ2) is 7.74. The molecular weight excluding hydrogens is 306 g/mol. The normalized spacial score (nSPS) is 10.5. The van der Waals surface area contributed by atoms with Gasteiger partial charge in [0.15, 0.2) is 0 Å². The molecule has 0 aliphatic heterocycles. The molecule has 0 saturated carbocycles. The number of anilines is 1. The van der Waals surface area contributed by atoms with Crippen molar-refractivity contribution < 1.29 is 4.74 Å². The first-order valence-electron chi connectivity index (χ1n) is 7.57. The third-order valence-electron chi connectivity index (χ3n) is 3.50. The summed E-state index contributed by atoms with van der Waals surface area (Å²) in [5.41, 5.74) is 2.47. The van der Waals surface area contributed by atoms with E-state index in [1.165, 1.54) is 17.1 Å². The van der Waals surface area contributed by atoms with Crippen molar-refractivity contribution in [2.24, 2.45) is 0 Å². The highest BCUT2D eigenvalue weighted by molar-refractivity contribution is 7.09. The van der Waals surface area contributed by atoms with Crippen LogP contribution in [-0.4, -0.2) is 23.0 Å². The first-order chi connectivity index (χ1) is 11.3. The minimum Gasteiger partial charge on any atom is -0.497 e. The number of hydrogen-bond donors (Lipinski definition) is 1. The summed E-state index contributed by atoms with van der Waals surface area (Å²) in [4.78, 5) is 4.55. The summed E-state index contributed by atoms with van der Waals surface area (Å²) >= 11 is 1.41. The third-order valence-corrected chi connectivity index (χ3v) is 4.21. The number of methoxy groups -OCH3 is 1. The lowest BCUT2D eigenvalue weighted by atomic mass is 10.1. The minimum absolute atomic E-state index is 0.716. The van der Waals surface area contributed by atoms with E-state index in [0.29, 0.717) is 6.42 Å². The highest BCUT2D eigenvalue weighted by Gasteiger charge is 2.05. The molecule has 4 nitrogen and oxygen atoms in total. The Morgan fingerprint density at radius 2 is 1.87 bits per heavy atom. The zero-order valence-corrected chi connectivity index (χ0v) is 13.8. The maximum atomic E-state index is 5.24. The summed E-state index contributed by atoms with van der Waals surface area (Å²) in [7, 11) is 1.68. The first kappa shape index (κ1) is 15.5. The molecule has 0 atom stereocenters. The van der Waals surface area contributed by atoms with Gasteiger partial charge in [0, 0.05) is 24.5 Å². The first-order valence-corrected chi connectivity index (χ1v) is 8.34. The van der Waals surface area contributed by atoms with Crippen LogP contribution in [0.2, 0.25) is 0 Å². The molecule has 3 aromatic rings. The van der Waals surface area contributed by atoms with Crippen LogP contribution in [0.1, 0.15) is 17.0 Å². The lowest BCUT2D eigenvalue weighted by Gasteiger charge is -2.02. The highest BCUT2D eigenvalue weighted by atomic mass is 32.1. The molecule has 0 saturated heterocycles. The molecule has 23 heavy (non-hydrogen) atoms. The molecule has 1 N–H and O–H groups in total. The van der Waals surface area contributed by atoms with Gasteiger partial charge in [-0.15, -0.1) is 0 Å². The minimum atomic E-state index is 0.716. The fraction of sp³-hybridized carbons (Fsp3) is 0.222. The van der Waals surface area contributed by atoms with Gasteiger partial charge in [-0.3, -0.25) is 0 Å². The zero-order chi connectivity index (χ0) is 15.9. The van der Waals surface area contributed by atoms with Crippen molar-refractivity contribution in [3.63, 3.8) is 0 Å². The van der Waals surface area contributed by atoms with Gasteiger partial charge in [-0.2, -0.15) is 4.37 Å². The Hall–Kier alpha value is -2.40. The Balaban J connectivity index is 1.53. The van der Waals surface area contributed by atoms with E-state index in [1.807, 2.05) is 24.3 Å². The van der Waals surface area contributed by atoms with Crippen molar-refractivity contribution >= 4 is 16.7 Å². The molecule has 0 radical (unpaired) electrons. The van der Waals surface area contributed by atoms with Gasteiger partial charge < -0.3 is 10.1 Å². The monoisotopic (exact) mass is 325 g/mol. The lowest BCUT2D eigenvalue weighted by Crippen LogP contribution is -2.04. The average Bonchev–Trinajstić information content (AvgIpc) is 3.03. The van der Waals surface area contributed by atoms with E-state index >= 15 is 0 Å². The Morgan fingerprint density at radius 3 is 2.70 bits per heavy atom. The lowest BCUT2D eigenvalue weighted by molar-refractivity contribution is 0.414. The van der Waals surface area contributed by atoms with Crippen LogP contribution in [0.5, 0.6) is 5.75 Å². The molecule has 5 heteroatoms. The molecule has 1 aromatic heterocycles. The predicted octanol–water partition coefficient (Wildman–Crippen LogP) is 3.79. The molecule has 0 bridgehead atoms. The fourth-order valence-electron chi connectivity index (χ4n) is 2.32. The summed E-state index contributed by atoms with van der Waals surface area (Å²) in [6, 6.07) is 18.4. The fourth-order valence-corrected chi connectivity index (χ4v) is 2.93. The smallest absolute Gasteiger partial charge is 0.202 e. The van der Waals surface area contributed by atoms with Crippen LogP contribution in [0.25, 0.3) is 0 Å². The molecule has 0 unspecified atom stereocenters. The largest absolute Gasteiger partial charge is 0.497 e. The highest BCUT2D eigenvalue weighted by Crippen LogP contribution is 2.17. The number of aromatic nitrogens is 2. The maximum absolute atomic E-state index is 5.24. The van der Waals surface area contributed by atoms with E-state index in [1.54, 1.807) is 7.11 Å². The maximum Gasteiger partial charge on any atom is 0.202 e. The number of benzene rings is 2. The number of ether oxygens (including phenoxy) is 1. The molecule has 1 heterocycles. The van der Waals surface area contributed by atoms with Crippen LogP contribution in [0, 0.1) is 0 Å². The standard InChI is InChI=1S/C18H19N3OS/c1-22-16-9-5-8-15(12-16)13-17-20-18(23-21-17)19-11-10-14-6-3-2-4-7-14/h2-9,12H,10-11,13H2,1H3,(H,19,20,21). The van der Waals surface area contributed by atoms with E-state index < -0.39 is 0 Å². The number of nitrogens with one attached hydrogen (secondary N) is 1. The van der Waals surface area contributed by atoms with Crippen LogP contribution < -0.4 is 10.1 Å². The molecule has 0 amide bonds.